The van der Waals surface area contributed by atoms with Crippen molar-refractivity contribution in [2.24, 2.45) is 9.74 Å². The van der Waals surface area contributed by atoms with Crippen LogP contribution in [0.1, 0.15) is 11.1 Å². The Labute approximate surface area is 147 Å². The van der Waals surface area contributed by atoms with Gasteiger partial charge in [0.25, 0.3) is 0 Å². The van der Waals surface area contributed by atoms with Crippen LogP contribution in [0.4, 0.5) is 0 Å². The van der Waals surface area contributed by atoms with Gasteiger partial charge >= 0.3 is 0 Å². The maximum Gasteiger partial charge on any atom is 0.0664 e. The normalized spacial score (nSPS) is 12.6. The minimum atomic E-state index is -1.25. The van der Waals surface area contributed by atoms with E-state index in [2.05, 4.69) is 59.1 Å². The number of hydrogen-bond donors (Lipinski definition) is 0. The van der Waals surface area contributed by atoms with Crippen LogP contribution >= 0.6 is 23.0 Å². The SMILES string of the molecule is CP(C)(C)=N/C(=C\CN=Cc1ccc(Br)cc1)c1ccccc1. The van der Waals surface area contributed by atoms with Crippen molar-refractivity contribution >= 4 is 34.9 Å². The van der Waals surface area contributed by atoms with E-state index in [1.54, 1.807) is 0 Å². The van der Waals surface area contributed by atoms with E-state index >= 15 is 0 Å². The minimum Gasteiger partial charge on any atom is -0.288 e. The summed E-state index contributed by atoms with van der Waals surface area (Å²) in [6, 6.07) is 18.4. The first-order valence-electron chi connectivity index (χ1n) is 7.50. The zero-order valence-corrected chi connectivity index (χ0v) is 16.3. The van der Waals surface area contributed by atoms with Gasteiger partial charge in [-0.2, -0.15) is 0 Å². The Balaban J connectivity index is 2.16. The lowest BCUT2D eigenvalue weighted by Gasteiger charge is -2.09. The summed E-state index contributed by atoms with van der Waals surface area (Å²) in [6.45, 7) is 7.28. The third-order valence-electron chi connectivity index (χ3n) is 2.98. The minimum absolute atomic E-state index is 0.629. The zero-order chi connectivity index (χ0) is 16.7. The molecule has 4 heteroatoms. The molecule has 0 N–H and O–H groups in total. The molecular weight excluding hydrogens is 367 g/mol. The molecule has 2 aromatic rings. The van der Waals surface area contributed by atoms with Crippen LogP contribution in [0.5, 0.6) is 0 Å². The van der Waals surface area contributed by atoms with Crippen LogP contribution in [-0.2, 0) is 0 Å². The monoisotopic (exact) mass is 388 g/mol. The van der Waals surface area contributed by atoms with Gasteiger partial charge in [0.1, 0.15) is 0 Å². The van der Waals surface area contributed by atoms with Gasteiger partial charge in [-0.25, -0.2) is 0 Å². The molecule has 0 amide bonds. The molecule has 23 heavy (non-hydrogen) atoms. The van der Waals surface area contributed by atoms with Crippen LogP contribution in [-0.4, -0.2) is 32.8 Å². The van der Waals surface area contributed by atoms with Gasteiger partial charge in [-0.3, -0.25) is 9.74 Å². The summed E-state index contributed by atoms with van der Waals surface area (Å²) in [4.78, 5) is 4.50. The van der Waals surface area contributed by atoms with Crippen LogP contribution in [0, 0.1) is 0 Å². The van der Waals surface area contributed by atoms with E-state index in [1.165, 1.54) is 0 Å². The molecule has 0 spiro atoms. The van der Waals surface area contributed by atoms with Crippen molar-refractivity contribution in [3.8, 4) is 0 Å². The van der Waals surface area contributed by atoms with Crippen molar-refractivity contribution in [1.82, 2.24) is 0 Å². The zero-order valence-electron chi connectivity index (χ0n) is 13.8. The summed E-state index contributed by atoms with van der Waals surface area (Å²) in [5.41, 5.74) is 3.30. The van der Waals surface area contributed by atoms with Gasteiger partial charge < -0.3 is 0 Å². The Hall–Kier alpha value is -1.44. The van der Waals surface area contributed by atoms with Crippen LogP contribution in [0.15, 0.2) is 74.9 Å². The summed E-state index contributed by atoms with van der Waals surface area (Å²) >= 11 is 3.44. The molecule has 2 nitrogen and oxygen atoms in total. The van der Waals surface area contributed by atoms with Crippen molar-refractivity contribution in [3.63, 3.8) is 0 Å². The highest BCUT2D eigenvalue weighted by Crippen LogP contribution is 2.39. The summed E-state index contributed by atoms with van der Waals surface area (Å²) < 4.78 is 6.01. The second-order valence-electron chi connectivity index (χ2n) is 6.04. The smallest absolute Gasteiger partial charge is 0.0664 e. The maximum absolute atomic E-state index is 4.93. The van der Waals surface area contributed by atoms with E-state index in [1.807, 2.05) is 48.7 Å². The molecule has 0 aliphatic rings. The summed E-state index contributed by atoms with van der Waals surface area (Å²) in [6.07, 6.45) is 4.01. The molecular formula is C19H22BrN2P. The molecule has 0 heterocycles. The molecule has 0 saturated heterocycles. The quantitative estimate of drug-likeness (QED) is 0.443. The first-order chi connectivity index (χ1) is 10.9. The fourth-order valence-corrected chi connectivity index (χ4v) is 3.10. The van der Waals surface area contributed by atoms with Crippen molar-refractivity contribution in [1.29, 1.82) is 0 Å². The number of nitrogens with zero attached hydrogens (tertiary/aromatic N) is 2. The standard InChI is InChI=1S/C19H22BrN2P/c1-23(2,3)22-19(17-7-5-4-6-8-17)13-14-21-15-16-9-11-18(20)12-10-16/h4-13,15H,14H2,1-3H3/b19-13-,21-15?. The van der Waals surface area contributed by atoms with Gasteiger partial charge in [-0.05, 0) is 56.4 Å². The molecule has 0 unspecified atom stereocenters. The van der Waals surface area contributed by atoms with Gasteiger partial charge in [0.2, 0.25) is 0 Å². The molecule has 120 valence electrons. The van der Waals surface area contributed by atoms with E-state index in [9.17, 15) is 0 Å². The average molecular weight is 389 g/mol. The molecule has 0 bridgehead atoms. The Morgan fingerprint density at radius 3 is 2.26 bits per heavy atom. The Kier molecular flexibility index (Phi) is 6.56. The largest absolute Gasteiger partial charge is 0.288 e. The lowest BCUT2D eigenvalue weighted by atomic mass is 10.1. The van der Waals surface area contributed by atoms with Gasteiger partial charge in [-0.1, -0.05) is 58.4 Å². The molecule has 2 aromatic carbocycles. The third kappa shape index (κ3) is 6.68. The Morgan fingerprint density at radius 1 is 1.00 bits per heavy atom. The molecule has 0 saturated carbocycles. The molecule has 0 aromatic heterocycles. The molecule has 0 atom stereocenters. The molecule has 0 aliphatic carbocycles. The lowest BCUT2D eigenvalue weighted by molar-refractivity contribution is 1.25. The van der Waals surface area contributed by atoms with Crippen molar-refractivity contribution < 1.29 is 0 Å². The summed E-state index contributed by atoms with van der Waals surface area (Å²) in [7, 11) is -1.25. The van der Waals surface area contributed by atoms with E-state index in [4.69, 9.17) is 4.74 Å². The average Bonchev–Trinajstić information content (AvgIpc) is 2.52. The summed E-state index contributed by atoms with van der Waals surface area (Å²) in [5.74, 6) is 0. The van der Waals surface area contributed by atoms with Gasteiger partial charge in [0, 0.05) is 10.7 Å². The Morgan fingerprint density at radius 2 is 1.65 bits per heavy atom. The van der Waals surface area contributed by atoms with E-state index in [0.717, 1.165) is 21.3 Å². The predicted molar refractivity (Wildman–Crippen MR) is 108 cm³/mol. The summed E-state index contributed by atoms with van der Waals surface area (Å²) in [5, 5.41) is 0. The number of rotatable bonds is 5. The van der Waals surface area contributed by atoms with E-state index in [-0.39, 0.29) is 0 Å². The number of aliphatic imine (C=N–C) groups is 1. The molecule has 2 rings (SSSR count). The number of benzene rings is 2. The first-order valence-corrected chi connectivity index (χ1v) is 11.4. The van der Waals surface area contributed by atoms with E-state index in [0.29, 0.717) is 6.54 Å². The van der Waals surface area contributed by atoms with Crippen LogP contribution in [0.2, 0.25) is 0 Å². The van der Waals surface area contributed by atoms with Crippen LogP contribution in [0.25, 0.3) is 5.70 Å². The van der Waals surface area contributed by atoms with Crippen molar-refractivity contribution in [2.75, 3.05) is 26.5 Å². The second-order valence-corrected chi connectivity index (χ2v) is 11.0. The fraction of sp³-hybridized carbons (Fsp3) is 0.211. The highest BCUT2D eigenvalue weighted by molar-refractivity contribution is 9.10. The van der Waals surface area contributed by atoms with Gasteiger partial charge in [0.05, 0.1) is 12.2 Å². The predicted octanol–water partition coefficient (Wildman–Crippen LogP) is 6.00. The maximum atomic E-state index is 4.93. The molecule has 0 aliphatic heterocycles. The third-order valence-corrected chi connectivity index (χ3v) is 4.32. The molecule has 0 fully saturated rings. The topological polar surface area (TPSA) is 24.7 Å². The first kappa shape index (κ1) is 17.9. The number of halogens is 1. The Bertz CT molecular complexity index is 732. The van der Waals surface area contributed by atoms with Crippen molar-refractivity contribution in [3.05, 3.63) is 76.3 Å². The van der Waals surface area contributed by atoms with Crippen LogP contribution in [0.3, 0.4) is 0 Å². The lowest BCUT2D eigenvalue weighted by Crippen LogP contribution is -1.86. The highest BCUT2D eigenvalue weighted by Gasteiger charge is 2.02. The van der Waals surface area contributed by atoms with Gasteiger partial charge in [-0.15, -0.1) is 0 Å². The fourth-order valence-electron chi connectivity index (χ4n) is 1.99. The van der Waals surface area contributed by atoms with E-state index < -0.39 is 7.05 Å². The van der Waals surface area contributed by atoms with Crippen molar-refractivity contribution in [2.45, 2.75) is 0 Å². The molecule has 0 radical (unpaired) electrons. The van der Waals surface area contributed by atoms with Crippen LogP contribution < -0.4 is 0 Å². The highest BCUT2D eigenvalue weighted by atomic mass is 79.9. The number of hydrogen-bond acceptors (Lipinski definition) is 2. The van der Waals surface area contributed by atoms with Gasteiger partial charge in [0.15, 0.2) is 0 Å². The second kappa shape index (κ2) is 8.42.